The van der Waals surface area contributed by atoms with Gasteiger partial charge in [-0.2, -0.15) is 10.2 Å². The molecule has 3 aromatic carbocycles. The van der Waals surface area contributed by atoms with Crippen LogP contribution in [0.5, 0.6) is 0 Å². The molecule has 0 fully saturated rings. The van der Waals surface area contributed by atoms with Crippen LogP contribution in [0.15, 0.2) is 77.9 Å². The Morgan fingerprint density at radius 3 is 2.52 bits per heavy atom. The first-order valence-corrected chi connectivity index (χ1v) is 9.62. The van der Waals surface area contributed by atoms with Crippen LogP contribution in [0.25, 0.3) is 22.0 Å². The number of nitrogens with zero attached hydrogens (tertiary/aromatic N) is 2. The number of aromatic nitrogens is 2. The summed E-state index contributed by atoms with van der Waals surface area (Å²) < 4.78 is 0. The molecule has 0 aliphatic heterocycles. The highest BCUT2D eigenvalue weighted by Crippen LogP contribution is 2.19. The second kappa shape index (κ2) is 8.10. The van der Waals surface area contributed by atoms with Gasteiger partial charge in [0.05, 0.1) is 11.4 Å². The van der Waals surface area contributed by atoms with Crippen LogP contribution in [0.1, 0.15) is 35.5 Å². The van der Waals surface area contributed by atoms with Crippen LogP contribution in [-0.2, 0) is 6.42 Å². The number of rotatable bonds is 5. The van der Waals surface area contributed by atoms with Gasteiger partial charge in [0, 0.05) is 5.56 Å². The Balaban J connectivity index is 1.47. The summed E-state index contributed by atoms with van der Waals surface area (Å²) in [6.07, 6.45) is 0.989. The first-order chi connectivity index (χ1) is 14.1. The average Bonchev–Trinajstić information content (AvgIpc) is 3.27. The van der Waals surface area contributed by atoms with Gasteiger partial charge >= 0.3 is 0 Å². The molecule has 5 heteroatoms. The number of hydrogen-bond donors (Lipinski definition) is 2. The first kappa shape index (κ1) is 18.6. The number of aryl methyl sites for hydroxylation is 1. The largest absolute Gasteiger partial charge is 0.289 e. The summed E-state index contributed by atoms with van der Waals surface area (Å²) in [5.41, 5.74) is 7.63. The SMILES string of the molecule is CCc1ccc(-c2cc(C(=O)NN=C(C)c3ccc4ccccc4c3)[nH]n2)cc1. The lowest BCUT2D eigenvalue weighted by Crippen LogP contribution is -2.19. The van der Waals surface area contributed by atoms with Gasteiger partial charge in [0.15, 0.2) is 0 Å². The number of hydrogen-bond acceptors (Lipinski definition) is 3. The molecule has 4 aromatic rings. The molecule has 0 aliphatic rings. The van der Waals surface area contributed by atoms with E-state index in [-0.39, 0.29) is 5.91 Å². The number of amides is 1. The Morgan fingerprint density at radius 1 is 1.00 bits per heavy atom. The Labute approximate surface area is 169 Å². The van der Waals surface area contributed by atoms with Gasteiger partial charge in [0.2, 0.25) is 0 Å². The summed E-state index contributed by atoms with van der Waals surface area (Å²) >= 11 is 0. The molecular weight excluding hydrogens is 360 g/mol. The maximum absolute atomic E-state index is 12.4. The lowest BCUT2D eigenvalue weighted by Gasteiger charge is -2.04. The van der Waals surface area contributed by atoms with Crippen LogP contribution in [0.3, 0.4) is 0 Å². The minimum atomic E-state index is -0.325. The van der Waals surface area contributed by atoms with Crippen molar-refractivity contribution in [3.63, 3.8) is 0 Å². The number of benzene rings is 3. The summed E-state index contributed by atoms with van der Waals surface area (Å²) in [4.78, 5) is 12.4. The lowest BCUT2D eigenvalue weighted by molar-refractivity contribution is 0.0950. The van der Waals surface area contributed by atoms with E-state index in [1.165, 1.54) is 10.9 Å². The lowest BCUT2D eigenvalue weighted by atomic mass is 10.0. The summed E-state index contributed by atoms with van der Waals surface area (Å²) in [6.45, 7) is 3.99. The third kappa shape index (κ3) is 4.09. The number of carbonyl (C=O) groups is 1. The van der Waals surface area contributed by atoms with E-state index >= 15 is 0 Å². The smallest absolute Gasteiger partial charge is 0.272 e. The second-order valence-electron chi connectivity index (χ2n) is 6.92. The Kier molecular flexibility index (Phi) is 5.20. The molecule has 2 N–H and O–H groups in total. The molecule has 1 heterocycles. The van der Waals surface area contributed by atoms with E-state index in [9.17, 15) is 4.79 Å². The molecule has 29 heavy (non-hydrogen) atoms. The predicted octanol–water partition coefficient (Wildman–Crippen LogP) is 4.95. The van der Waals surface area contributed by atoms with E-state index in [0.717, 1.165) is 34.3 Å². The second-order valence-corrected chi connectivity index (χ2v) is 6.92. The zero-order chi connectivity index (χ0) is 20.2. The average molecular weight is 382 g/mol. The van der Waals surface area contributed by atoms with Gasteiger partial charge in [-0.3, -0.25) is 9.89 Å². The number of nitrogens with one attached hydrogen (secondary N) is 2. The van der Waals surface area contributed by atoms with Crippen molar-refractivity contribution in [3.8, 4) is 11.3 Å². The standard InChI is InChI=1S/C24H22N4O/c1-3-17-8-10-19(11-9-17)22-15-23(27-26-22)24(29)28-25-16(2)20-13-12-18-6-4-5-7-21(18)14-20/h4-15H,3H2,1-2H3,(H,26,27)(H,28,29). The molecule has 0 aliphatic carbocycles. The fraction of sp³-hybridized carbons (Fsp3) is 0.125. The van der Waals surface area contributed by atoms with Gasteiger partial charge in [-0.15, -0.1) is 0 Å². The highest BCUT2D eigenvalue weighted by atomic mass is 16.2. The molecule has 4 rings (SSSR count). The normalized spacial score (nSPS) is 11.6. The Morgan fingerprint density at radius 2 is 1.76 bits per heavy atom. The fourth-order valence-corrected chi connectivity index (χ4v) is 3.17. The fourth-order valence-electron chi connectivity index (χ4n) is 3.17. The van der Waals surface area contributed by atoms with Crippen molar-refractivity contribution in [2.45, 2.75) is 20.3 Å². The summed E-state index contributed by atoms with van der Waals surface area (Å²) in [5.74, 6) is -0.325. The maximum Gasteiger partial charge on any atom is 0.289 e. The maximum atomic E-state index is 12.4. The number of fused-ring (bicyclic) bond motifs is 1. The van der Waals surface area contributed by atoms with Crippen molar-refractivity contribution in [1.82, 2.24) is 15.6 Å². The summed E-state index contributed by atoms with van der Waals surface area (Å²) in [6, 6.07) is 24.2. The van der Waals surface area contributed by atoms with E-state index in [4.69, 9.17) is 0 Å². The zero-order valence-corrected chi connectivity index (χ0v) is 16.4. The van der Waals surface area contributed by atoms with Crippen molar-refractivity contribution >= 4 is 22.4 Å². The molecule has 5 nitrogen and oxygen atoms in total. The van der Waals surface area contributed by atoms with Crippen molar-refractivity contribution in [2.24, 2.45) is 5.10 Å². The molecule has 1 amide bonds. The first-order valence-electron chi connectivity index (χ1n) is 9.62. The Hall–Kier alpha value is -3.73. The van der Waals surface area contributed by atoms with E-state index in [1.807, 2.05) is 37.3 Å². The predicted molar refractivity (Wildman–Crippen MR) is 117 cm³/mol. The molecule has 0 saturated heterocycles. The minimum Gasteiger partial charge on any atom is -0.272 e. The molecule has 1 aromatic heterocycles. The molecule has 0 atom stereocenters. The zero-order valence-electron chi connectivity index (χ0n) is 16.4. The molecule has 0 unspecified atom stereocenters. The van der Waals surface area contributed by atoms with Crippen LogP contribution >= 0.6 is 0 Å². The van der Waals surface area contributed by atoms with Crippen LogP contribution in [0, 0.1) is 0 Å². The highest BCUT2D eigenvalue weighted by molar-refractivity contribution is 6.03. The van der Waals surface area contributed by atoms with Crippen LogP contribution < -0.4 is 5.43 Å². The molecule has 0 saturated carbocycles. The summed E-state index contributed by atoms with van der Waals surface area (Å²) in [7, 11) is 0. The number of hydrazone groups is 1. The number of aromatic amines is 1. The van der Waals surface area contributed by atoms with E-state index in [0.29, 0.717) is 5.69 Å². The summed E-state index contributed by atoms with van der Waals surface area (Å²) in [5, 5.41) is 13.6. The van der Waals surface area contributed by atoms with Crippen LogP contribution in [0.2, 0.25) is 0 Å². The monoisotopic (exact) mass is 382 g/mol. The quantitative estimate of drug-likeness (QED) is 0.379. The van der Waals surface area contributed by atoms with Gasteiger partial charge in [0.25, 0.3) is 5.91 Å². The van der Waals surface area contributed by atoms with Crippen molar-refractivity contribution in [1.29, 1.82) is 0 Å². The Bertz CT molecular complexity index is 1190. The third-order valence-corrected chi connectivity index (χ3v) is 4.97. The van der Waals surface area contributed by atoms with Crippen LogP contribution in [0.4, 0.5) is 0 Å². The van der Waals surface area contributed by atoms with Crippen molar-refractivity contribution < 1.29 is 4.79 Å². The third-order valence-electron chi connectivity index (χ3n) is 4.97. The highest BCUT2D eigenvalue weighted by Gasteiger charge is 2.11. The van der Waals surface area contributed by atoms with E-state index in [2.05, 4.69) is 64.0 Å². The van der Waals surface area contributed by atoms with Crippen LogP contribution in [-0.4, -0.2) is 21.8 Å². The van der Waals surface area contributed by atoms with Gasteiger partial charge in [0.1, 0.15) is 5.69 Å². The molecule has 0 spiro atoms. The molecule has 144 valence electrons. The van der Waals surface area contributed by atoms with E-state index < -0.39 is 0 Å². The van der Waals surface area contributed by atoms with Gasteiger partial charge in [-0.25, -0.2) is 5.43 Å². The molecule has 0 bridgehead atoms. The molecular formula is C24H22N4O. The van der Waals surface area contributed by atoms with Crippen molar-refractivity contribution in [2.75, 3.05) is 0 Å². The minimum absolute atomic E-state index is 0.325. The van der Waals surface area contributed by atoms with E-state index in [1.54, 1.807) is 6.07 Å². The van der Waals surface area contributed by atoms with Gasteiger partial charge < -0.3 is 0 Å². The van der Waals surface area contributed by atoms with Crippen molar-refractivity contribution in [3.05, 3.63) is 89.6 Å². The molecule has 0 radical (unpaired) electrons. The topological polar surface area (TPSA) is 70.1 Å². The number of carbonyl (C=O) groups excluding carboxylic acids is 1. The van der Waals surface area contributed by atoms with Gasteiger partial charge in [-0.1, -0.05) is 67.6 Å². The number of H-pyrrole nitrogens is 1. The van der Waals surface area contributed by atoms with Gasteiger partial charge in [-0.05, 0) is 47.4 Å².